The number of piperidine rings is 1. The van der Waals surface area contributed by atoms with Crippen LogP contribution in [-0.4, -0.2) is 39.8 Å². The number of likely N-dealkylation sites (tertiary alicyclic amines) is 1. The molecule has 1 aromatic rings. The van der Waals surface area contributed by atoms with E-state index in [-0.39, 0.29) is 18.5 Å². The maximum absolute atomic E-state index is 12.2. The quantitative estimate of drug-likeness (QED) is 0.865. The minimum absolute atomic E-state index is 0.00824. The van der Waals surface area contributed by atoms with Crippen LogP contribution in [0.5, 0.6) is 0 Å². The van der Waals surface area contributed by atoms with Gasteiger partial charge in [0.2, 0.25) is 0 Å². The number of nitrogens with one attached hydrogen (secondary N) is 1. The predicted molar refractivity (Wildman–Crippen MR) is 74.7 cm³/mol. The smallest absolute Gasteiger partial charge is 0.317 e. The summed E-state index contributed by atoms with van der Waals surface area (Å²) in [5.41, 5.74) is 0.681. The molecule has 1 fully saturated rings. The van der Waals surface area contributed by atoms with Gasteiger partial charge in [-0.2, -0.15) is 0 Å². The second kappa shape index (κ2) is 7.10. The van der Waals surface area contributed by atoms with Crippen molar-refractivity contribution in [1.29, 1.82) is 0 Å². The number of amides is 2. The third kappa shape index (κ3) is 4.47. The first-order valence-corrected chi connectivity index (χ1v) is 7.24. The molecule has 1 saturated heterocycles. The van der Waals surface area contributed by atoms with Crippen LogP contribution in [0.1, 0.15) is 43.6 Å². The van der Waals surface area contributed by atoms with E-state index in [1.807, 2.05) is 0 Å². The predicted octanol–water partition coefficient (Wildman–Crippen LogP) is 1.91. The molecule has 0 aromatic carbocycles. The zero-order valence-corrected chi connectivity index (χ0v) is 12.2. The number of hydrogen-bond donors (Lipinski definition) is 2. The Bertz CT molecular complexity index is 500. The van der Waals surface area contributed by atoms with Gasteiger partial charge in [-0.15, -0.1) is 0 Å². The number of carbonyl (C=O) groups is 2. The van der Waals surface area contributed by atoms with Crippen LogP contribution in [0.3, 0.4) is 0 Å². The van der Waals surface area contributed by atoms with E-state index in [1.165, 1.54) is 0 Å². The van der Waals surface area contributed by atoms with Gasteiger partial charge in [-0.05, 0) is 32.6 Å². The fraction of sp³-hybridized carbons (Fsp3) is 0.643. The molecule has 21 heavy (non-hydrogen) atoms. The van der Waals surface area contributed by atoms with E-state index < -0.39 is 5.97 Å². The highest BCUT2D eigenvalue weighted by molar-refractivity contribution is 5.74. The Kier molecular flexibility index (Phi) is 5.19. The summed E-state index contributed by atoms with van der Waals surface area (Å²) in [6, 6.07) is 1.62. The van der Waals surface area contributed by atoms with Gasteiger partial charge in [0.1, 0.15) is 11.5 Å². The third-order valence-corrected chi connectivity index (χ3v) is 3.68. The van der Waals surface area contributed by atoms with E-state index in [0.717, 1.165) is 19.3 Å². The van der Waals surface area contributed by atoms with Crippen molar-refractivity contribution >= 4 is 12.0 Å². The molecule has 0 radical (unpaired) electrons. The second-order valence-corrected chi connectivity index (χ2v) is 5.36. The summed E-state index contributed by atoms with van der Waals surface area (Å²) in [5, 5.41) is 15.4. The molecular formula is C14H21N3O4. The highest BCUT2D eigenvalue weighted by atomic mass is 16.5. The van der Waals surface area contributed by atoms with Gasteiger partial charge in [-0.25, -0.2) is 4.79 Å². The molecular weight excluding hydrogens is 274 g/mol. The highest BCUT2D eigenvalue weighted by Gasteiger charge is 2.26. The van der Waals surface area contributed by atoms with Crippen molar-refractivity contribution in [3.05, 3.63) is 17.5 Å². The Hall–Kier alpha value is -2.05. The van der Waals surface area contributed by atoms with E-state index in [0.29, 0.717) is 31.0 Å². The van der Waals surface area contributed by atoms with Crippen LogP contribution >= 0.6 is 0 Å². The fourth-order valence-corrected chi connectivity index (χ4v) is 2.63. The number of carboxylic acid groups (broad SMARTS) is 1. The maximum Gasteiger partial charge on any atom is 0.317 e. The van der Waals surface area contributed by atoms with Crippen LogP contribution in [0.4, 0.5) is 4.79 Å². The number of aliphatic carboxylic acids is 1. The first-order chi connectivity index (χ1) is 10.1. The summed E-state index contributed by atoms with van der Waals surface area (Å²) in [6.45, 7) is 2.79. The standard InChI is InChI=1S/C14H21N3O4/c1-10-8-11(16-21-10)9-15-14(20)17-7-3-2-4-12(17)5-6-13(18)19/h8,12H,2-7,9H2,1H3,(H,15,20)(H,18,19). The molecule has 0 saturated carbocycles. The van der Waals surface area contributed by atoms with Crippen LogP contribution in [0.25, 0.3) is 0 Å². The third-order valence-electron chi connectivity index (χ3n) is 3.68. The maximum atomic E-state index is 12.2. The minimum Gasteiger partial charge on any atom is -0.481 e. The molecule has 0 aliphatic carbocycles. The number of carbonyl (C=O) groups excluding carboxylic acids is 1. The van der Waals surface area contributed by atoms with Crippen molar-refractivity contribution in [2.75, 3.05) is 6.54 Å². The molecule has 1 aliphatic rings. The van der Waals surface area contributed by atoms with Gasteiger partial charge in [-0.3, -0.25) is 4.79 Å². The monoisotopic (exact) mass is 295 g/mol. The van der Waals surface area contributed by atoms with Gasteiger partial charge >= 0.3 is 12.0 Å². The van der Waals surface area contributed by atoms with E-state index in [4.69, 9.17) is 9.63 Å². The number of aromatic nitrogens is 1. The first kappa shape index (κ1) is 15.3. The van der Waals surface area contributed by atoms with Gasteiger partial charge in [0, 0.05) is 25.1 Å². The number of aryl methyl sites for hydroxylation is 1. The lowest BCUT2D eigenvalue weighted by Gasteiger charge is -2.35. The zero-order chi connectivity index (χ0) is 15.2. The van der Waals surface area contributed by atoms with Crippen molar-refractivity contribution in [1.82, 2.24) is 15.4 Å². The number of urea groups is 1. The lowest BCUT2D eigenvalue weighted by Crippen LogP contribution is -2.48. The largest absolute Gasteiger partial charge is 0.481 e. The molecule has 116 valence electrons. The van der Waals surface area contributed by atoms with Crippen molar-refractivity contribution in [3.8, 4) is 0 Å². The summed E-state index contributed by atoms with van der Waals surface area (Å²) < 4.78 is 4.95. The fourth-order valence-electron chi connectivity index (χ4n) is 2.63. The SMILES string of the molecule is Cc1cc(CNC(=O)N2CCCCC2CCC(=O)O)no1. The summed E-state index contributed by atoms with van der Waals surface area (Å²) >= 11 is 0. The van der Waals surface area contributed by atoms with E-state index in [9.17, 15) is 9.59 Å². The molecule has 0 spiro atoms. The molecule has 1 aliphatic heterocycles. The van der Waals surface area contributed by atoms with Crippen LogP contribution in [0.2, 0.25) is 0 Å². The van der Waals surface area contributed by atoms with Gasteiger partial charge in [0.05, 0.1) is 6.54 Å². The Labute approximate surface area is 123 Å². The number of carboxylic acids is 1. The Morgan fingerprint density at radius 1 is 1.52 bits per heavy atom. The van der Waals surface area contributed by atoms with Crippen LogP contribution in [0.15, 0.2) is 10.6 Å². The molecule has 7 nitrogen and oxygen atoms in total. The first-order valence-electron chi connectivity index (χ1n) is 7.24. The minimum atomic E-state index is -0.820. The van der Waals surface area contributed by atoms with Crippen molar-refractivity contribution in [3.63, 3.8) is 0 Å². The van der Waals surface area contributed by atoms with Gasteiger partial charge in [0.25, 0.3) is 0 Å². The number of rotatable bonds is 5. The normalized spacial score (nSPS) is 18.5. The van der Waals surface area contributed by atoms with Crippen LogP contribution in [-0.2, 0) is 11.3 Å². The average Bonchev–Trinajstić information content (AvgIpc) is 2.88. The summed E-state index contributed by atoms with van der Waals surface area (Å²) in [5.74, 6) is -0.115. The number of hydrogen-bond acceptors (Lipinski definition) is 4. The molecule has 1 unspecified atom stereocenters. The molecule has 1 atom stereocenters. The van der Waals surface area contributed by atoms with E-state index in [2.05, 4.69) is 10.5 Å². The van der Waals surface area contributed by atoms with E-state index in [1.54, 1.807) is 17.9 Å². The molecule has 7 heteroatoms. The van der Waals surface area contributed by atoms with Crippen molar-refractivity contribution in [2.24, 2.45) is 0 Å². The van der Waals surface area contributed by atoms with Crippen LogP contribution < -0.4 is 5.32 Å². The summed E-state index contributed by atoms with van der Waals surface area (Å²) in [7, 11) is 0. The lowest BCUT2D eigenvalue weighted by atomic mass is 9.98. The van der Waals surface area contributed by atoms with Gasteiger partial charge < -0.3 is 19.8 Å². The van der Waals surface area contributed by atoms with E-state index >= 15 is 0 Å². The number of nitrogens with zero attached hydrogens (tertiary/aromatic N) is 2. The Balaban J connectivity index is 1.87. The molecule has 2 N–H and O–H groups in total. The van der Waals surface area contributed by atoms with Crippen molar-refractivity contribution < 1.29 is 19.2 Å². The highest BCUT2D eigenvalue weighted by Crippen LogP contribution is 2.21. The molecule has 2 rings (SSSR count). The van der Waals surface area contributed by atoms with Gasteiger partial charge in [-0.1, -0.05) is 5.16 Å². The lowest BCUT2D eigenvalue weighted by molar-refractivity contribution is -0.137. The summed E-state index contributed by atoms with van der Waals surface area (Å²) in [4.78, 5) is 24.7. The second-order valence-electron chi connectivity index (χ2n) is 5.36. The average molecular weight is 295 g/mol. The van der Waals surface area contributed by atoms with Crippen molar-refractivity contribution in [2.45, 2.75) is 51.6 Å². The molecule has 0 bridgehead atoms. The zero-order valence-electron chi connectivity index (χ0n) is 12.2. The Morgan fingerprint density at radius 2 is 2.33 bits per heavy atom. The topological polar surface area (TPSA) is 95.7 Å². The molecule has 2 heterocycles. The summed E-state index contributed by atoms with van der Waals surface area (Å²) in [6.07, 6.45) is 3.46. The Morgan fingerprint density at radius 3 is 3.00 bits per heavy atom. The van der Waals surface area contributed by atoms with Gasteiger partial charge in [0.15, 0.2) is 0 Å². The molecule has 1 aromatic heterocycles. The van der Waals surface area contributed by atoms with Crippen LogP contribution in [0, 0.1) is 6.92 Å². The molecule has 2 amide bonds.